The van der Waals surface area contributed by atoms with Gasteiger partial charge in [0.05, 0.1) is 19.1 Å². The zero-order chi connectivity index (χ0) is 16.4. The van der Waals surface area contributed by atoms with Gasteiger partial charge in [0.2, 0.25) is 5.89 Å². The molecule has 1 aliphatic heterocycles. The zero-order valence-electron chi connectivity index (χ0n) is 13.4. The van der Waals surface area contributed by atoms with Gasteiger partial charge in [-0.1, -0.05) is 59.8 Å². The fourth-order valence-electron chi connectivity index (χ4n) is 3.43. The molecule has 1 aromatic heterocycles. The summed E-state index contributed by atoms with van der Waals surface area (Å²) < 4.78 is 5.15. The van der Waals surface area contributed by atoms with Crippen molar-refractivity contribution in [3.8, 4) is 0 Å². The Labute approximate surface area is 141 Å². The third-order valence-corrected chi connectivity index (χ3v) is 4.53. The fraction of sp³-hybridized carbons (Fsp3) is 0.263. The smallest absolute Gasteiger partial charge is 0.240 e. The van der Waals surface area contributed by atoms with Gasteiger partial charge >= 0.3 is 0 Å². The second kappa shape index (κ2) is 6.55. The van der Waals surface area contributed by atoms with Gasteiger partial charge in [0.15, 0.2) is 5.82 Å². The Bertz CT molecular complexity index is 815. The first-order valence-corrected chi connectivity index (χ1v) is 8.23. The molecule has 1 unspecified atom stereocenters. The summed E-state index contributed by atoms with van der Waals surface area (Å²) in [5, 5.41) is 4.06. The van der Waals surface area contributed by atoms with Gasteiger partial charge in [-0.3, -0.25) is 4.90 Å². The predicted molar refractivity (Wildman–Crippen MR) is 91.0 cm³/mol. The highest BCUT2D eigenvalue weighted by Crippen LogP contribution is 2.35. The van der Waals surface area contributed by atoms with Crippen LogP contribution in [-0.4, -0.2) is 21.6 Å². The van der Waals surface area contributed by atoms with E-state index in [-0.39, 0.29) is 12.6 Å². The first kappa shape index (κ1) is 15.1. The van der Waals surface area contributed by atoms with Gasteiger partial charge in [0.1, 0.15) is 0 Å². The van der Waals surface area contributed by atoms with Crippen LogP contribution in [-0.2, 0) is 19.5 Å². The number of nitrogens with zero attached hydrogens (tertiary/aromatic N) is 3. The molecule has 0 aliphatic carbocycles. The van der Waals surface area contributed by atoms with E-state index in [1.165, 1.54) is 16.7 Å². The number of fused-ring (bicyclic) bond motifs is 1. The van der Waals surface area contributed by atoms with Crippen LogP contribution in [0.15, 0.2) is 59.1 Å². The lowest BCUT2D eigenvalue weighted by Gasteiger charge is -2.37. The average Bonchev–Trinajstić information content (AvgIpc) is 3.10. The Hall–Kier alpha value is -2.50. The number of nitrogens with two attached hydrogens (primary N) is 1. The molecule has 5 heteroatoms. The van der Waals surface area contributed by atoms with E-state index in [1.54, 1.807) is 0 Å². The van der Waals surface area contributed by atoms with Crippen molar-refractivity contribution in [3.63, 3.8) is 0 Å². The van der Waals surface area contributed by atoms with Crippen molar-refractivity contribution in [1.82, 2.24) is 15.0 Å². The van der Waals surface area contributed by atoms with E-state index in [9.17, 15) is 0 Å². The molecule has 0 bridgehead atoms. The second-order valence-electron chi connectivity index (χ2n) is 6.04. The summed E-state index contributed by atoms with van der Waals surface area (Å²) in [6.07, 6.45) is 1.03. The Morgan fingerprint density at radius 2 is 1.88 bits per heavy atom. The third-order valence-electron chi connectivity index (χ3n) is 4.53. The normalized spacial score (nSPS) is 17.6. The molecule has 2 aromatic carbocycles. The lowest BCUT2D eigenvalue weighted by molar-refractivity contribution is 0.196. The van der Waals surface area contributed by atoms with Crippen LogP contribution in [0, 0.1) is 0 Å². The Kier molecular flexibility index (Phi) is 4.11. The summed E-state index contributed by atoms with van der Waals surface area (Å²) in [7, 11) is 0. The average molecular weight is 320 g/mol. The second-order valence-corrected chi connectivity index (χ2v) is 6.04. The molecule has 0 spiro atoms. The van der Waals surface area contributed by atoms with E-state index in [1.807, 2.05) is 0 Å². The van der Waals surface area contributed by atoms with Gasteiger partial charge in [-0.05, 0) is 23.1 Å². The van der Waals surface area contributed by atoms with Crippen LogP contribution in [0.25, 0.3) is 0 Å². The van der Waals surface area contributed by atoms with Gasteiger partial charge < -0.3 is 10.3 Å². The number of aromatic nitrogens is 2. The molecule has 4 rings (SSSR count). The van der Waals surface area contributed by atoms with Crippen LogP contribution >= 0.6 is 0 Å². The van der Waals surface area contributed by atoms with E-state index >= 15 is 0 Å². The molecule has 0 saturated heterocycles. The van der Waals surface area contributed by atoms with Crippen LogP contribution in [0.5, 0.6) is 0 Å². The first-order chi connectivity index (χ1) is 11.8. The van der Waals surface area contributed by atoms with Crippen molar-refractivity contribution in [2.75, 3.05) is 6.54 Å². The lowest BCUT2D eigenvalue weighted by atomic mass is 9.88. The minimum atomic E-state index is 0.205. The zero-order valence-corrected chi connectivity index (χ0v) is 13.4. The lowest BCUT2D eigenvalue weighted by Crippen LogP contribution is -2.36. The van der Waals surface area contributed by atoms with Gasteiger partial charge in [-0.25, -0.2) is 0 Å². The number of benzene rings is 2. The summed E-state index contributed by atoms with van der Waals surface area (Å²) in [4.78, 5) is 6.77. The summed E-state index contributed by atoms with van der Waals surface area (Å²) in [6, 6.07) is 19.5. The molecule has 3 aromatic rings. The molecule has 0 radical (unpaired) electrons. The standard InChI is InChI=1S/C19H20N4O/c20-12-18-21-17(22-24-18)13-23-11-10-14-6-4-5-9-16(14)19(23)15-7-2-1-3-8-15/h1-9,19H,10-13,20H2. The monoisotopic (exact) mass is 320 g/mol. The molecule has 0 saturated carbocycles. The Balaban J connectivity index is 1.70. The van der Waals surface area contributed by atoms with E-state index < -0.39 is 0 Å². The third kappa shape index (κ3) is 2.84. The summed E-state index contributed by atoms with van der Waals surface area (Å²) in [5.41, 5.74) is 9.63. The van der Waals surface area contributed by atoms with Gasteiger partial charge in [0.25, 0.3) is 0 Å². The molecule has 0 amide bonds. The maximum Gasteiger partial charge on any atom is 0.240 e. The van der Waals surface area contributed by atoms with E-state index in [2.05, 4.69) is 69.6 Å². The van der Waals surface area contributed by atoms with Crippen molar-refractivity contribution in [3.05, 3.63) is 83.0 Å². The summed E-state index contributed by atoms with van der Waals surface area (Å²) in [6.45, 7) is 1.89. The van der Waals surface area contributed by atoms with Gasteiger partial charge in [-0.2, -0.15) is 4.98 Å². The highest BCUT2D eigenvalue weighted by molar-refractivity contribution is 5.39. The van der Waals surface area contributed by atoms with Crippen molar-refractivity contribution in [2.24, 2.45) is 5.73 Å². The van der Waals surface area contributed by atoms with Gasteiger partial charge in [-0.15, -0.1) is 0 Å². The largest absolute Gasteiger partial charge is 0.338 e. The molecule has 1 aliphatic rings. The molecule has 5 nitrogen and oxygen atoms in total. The van der Waals surface area contributed by atoms with Crippen LogP contribution in [0.3, 0.4) is 0 Å². The predicted octanol–water partition coefficient (Wildman–Crippen LogP) is 2.68. The highest BCUT2D eigenvalue weighted by atomic mass is 16.5. The molecule has 0 fully saturated rings. The summed E-state index contributed by atoms with van der Waals surface area (Å²) >= 11 is 0. The fourth-order valence-corrected chi connectivity index (χ4v) is 3.43. The van der Waals surface area contributed by atoms with Gasteiger partial charge in [0, 0.05) is 6.54 Å². The van der Waals surface area contributed by atoms with Crippen LogP contribution in [0.1, 0.15) is 34.4 Å². The van der Waals surface area contributed by atoms with Crippen LogP contribution in [0.2, 0.25) is 0 Å². The van der Waals surface area contributed by atoms with Crippen molar-refractivity contribution in [2.45, 2.75) is 25.6 Å². The van der Waals surface area contributed by atoms with Crippen LogP contribution < -0.4 is 5.73 Å². The molecular weight excluding hydrogens is 300 g/mol. The summed E-state index contributed by atoms with van der Waals surface area (Å²) in [5.74, 6) is 1.18. The Morgan fingerprint density at radius 3 is 2.67 bits per heavy atom. The number of hydrogen-bond acceptors (Lipinski definition) is 5. The quantitative estimate of drug-likeness (QED) is 0.800. The topological polar surface area (TPSA) is 68.2 Å². The first-order valence-electron chi connectivity index (χ1n) is 8.23. The van der Waals surface area contributed by atoms with Crippen molar-refractivity contribution < 1.29 is 4.52 Å². The van der Waals surface area contributed by atoms with E-state index in [0.717, 1.165) is 13.0 Å². The molecule has 2 heterocycles. The van der Waals surface area contributed by atoms with Crippen molar-refractivity contribution in [1.29, 1.82) is 0 Å². The maximum atomic E-state index is 5.57. The molecule has 1 atom stereocenters. The minimum Gasteiger partial charge on any atom is -0.338 e. The molecule has 24 heavy (non-hydrogen) atoms. The van der Waals surface area contributed by atoms with E-state index in [4.69, 9.17) is 10.3 Å². The van der Waals surface area contributed by atoms with E-state index in [0.29, 0.717) is 18.3 Å². The minimum absolute atomic E-state index is 0.205. The number of rotatable bonds is 4. The molecule has 2 N–H and O–H groups in total. The SMILES string of the molecule is NCc1nc(CN2CCc3ccccc3C2c2ccccc2)no1. The highest BCUT2D eigenvalue weighted by Gasteiger charge is 2.29. The number of hydrogen-bond donors (Lipinski definition) is 1. The molecule has 122 valence electrons. The van der Waals surface area contributed by atoms with Crippen molar-refractivity contribution >= 4 is 0 Å². The Morgan fingerprint density at radius 1 is 1.08 bits per heavy atom. The maximum absolute atomic E-state index is 5.57. The van der Waals surface area contributed by atoms with Crippen LogP contribution in [0.4, 0.5) is 0 Å². The molecular formula is C19H20N4O.